The molecule has 3 N–H and O–H groups in total. The van der Waals surface area contributed by atoms with Crippen LogP contribution in [-0.2, 0) is 9.59 Å². The summed E-state index contributed by atoms with van der Waals surface area (Å²) in [5.41, 5.74) is 7.85. The number of hydrogen-bond donors (Lipinski definition) is 3. The molecule has 0 bridgehead atoms. The number of aryl methyl sites for hydroxylation is 2. The number of unbranched alkanes of at least 4 members (excludes halogenated alkanes) is 1. The lowest BCUT2D eigenvalue weighted by Gasteiger charge is -2.10. The third-order valence-electron chi connectivity index (χ3n) is 4.41. The van der Waals surface area contributed by atoms with Gasteiger partial charge in [0.2, 0.25) is 11.8 Å². The summed E-state index contributed by atoms with van der Waals surface area (Å²) < 4.78 is 5.58. The number of ether oxygens (including phenoxy) is 1. The third-order valence-corrected chi connectivity index (χ3v) is 4.41. The predicted octanol–water partition coefficient (Wildman–Crippen LogP) is 3.66. The summed E-state index contributed by atoms with van der Waals surface area (Å²) in [5, 5.41) is 2.79. The normalized spacial score (nSPS) is 10.2. The molecule has 0 aliphatic carbocycles. The van der Waals surface area contributed by atoms with E-state index < -0.39 is 11.8 Å². The van der Waals surface area contributed by atoms with Crippen LogP contribution in [0.15, 0.2) is 42.5 Å². The first kappa shape index (κ1) is 22.9. The lowest BCUT2D eigenvalue weighted by atomic mass is 10.1. The fourth-order valence-electron chi connectivity index (χ4n) is 2.72. The van der Waals surface area contributed by atoms with Crippen molar-refractivity contribution in [1.29, 1.82) is 0 Å². The number of amides is 3. The van der Waals surface area contributed by atoms with Crippen LogP contribution < -0.4 is 20.9 Å². The van der Waals surface area contributed by atoms with Crippen molar-refractivity contribution in [3.8, 4) is 5.75 Å². The first-order valence-electron chi connectivity index (χ1n) is 10.1. The van der Waals surface area contributed by atoms with Gasteiger partial charge in [0.15, 0.2) is 0 Å². The van der Waals surface area contributed by atoms with Crippen molar-refractivity contribution in [3.05, 3.63) is 59.2 Å². The molecular formula is C23H29N3O4. The van der Waals surface area contributed by atoms with E-state index in [-0.39, 0.29) is 18.7 Å². The van der Waals surface area contributed by atoms with Crippen LogP contribution in [0.25, 0.3) is 0 Å². The highest BCUT2D eigenvalue weighted by Crippen LogP contribution is 2.16. The first-order chi connectivity index (χ1) is 14.4. The highest BCUT2D eigenvalue weighted by atomic mass is 16.5. The number of carbonyl (C=O) groups excluding carboxylic acids is 3. The van der Waals surface area contributed by atoms with Gasteiger partial charge in [0.05, 0.1) is 6.61 Å². The number of benzene rings is 2. The summed E-state index contributed by atoms with van der Waals surface area (Å²) in [6.45, 7) is 6.55. The molecule has 30 heavy (non-hydrogen) atoms. The molecule has 7 nitrogen and oxygen atoms in total. The van der Waals surface area contributed by atoms with Crippen molar-refractivity contribution in [3.63, 3.8) is 0 Å². The van der Waals surface area contributed by atoms with Crippen LogP contribution >= 0.6 is 0 Å². The van der Waals surface area contributed by atoms with E-state index in [4.69, 9.17) is 4.74 Å². The zero-order chi connectivity index (χ0) is 21.9. The van der Waals surface area contributed by atoms with Crippen molar-refractivity contribution in [1.82, 2.24) is 10.9 Å². The minimum atomic E-state index is -0.455. The second-order valence-electron chi connectivity index (χ2n) is 7.10. The highest BCUT2D eigenvalue weighted by Gasteiger charge is 2.11. The number of anilines is 1. The molecule has 2 rings (SSSR count). The van der Waals surface area contributed by atoms with Gasteiger partial charge in [0.1, 0.15) is 5.75 Å². The van der Waals surface area contributed by atoms with E-state index in [0.29, 0.717) is 17.9 Å². The van der Waals surface area contributed by atoms with Crippen LogP contribution in [0.5, 0.6) is 5.75 Å². The van der Waals surface area contributed by atoms with Crippen LogP contribution in [-0.4, -0.2) is 24.3 Å². The minimum absolute atomic E-state index is 0.00970. The summed E-state index contributed by atoms with van der Waals surface area (Å²) in [6, 6.07) is 12.5. The van der Waals surface area contributed by atoms with E-state index in [9.17, 15) is 14.4 Å². The highest BCUT2D eigenvalue weighted by molar-refractivity contribution is 5.97. The summed E-state index contributed by atoms with van der Waals surface area (Å²) in [5.74, 6) is -0.565. The molecule has 0 saturated carbocycles. The van der Waals surface area contributed by atoms with Crippen LogP contribution in [0.3, 0.4) is 0 Å². The van der Waals surface area contributed by atoms with Crippen molar-refractivity contribution in [2.24, 2.45) is 0 Å². The van der Waals surface area contributed by atoms with E-state index in [2.05, 4.69) is 23.1 Å². The van der Waals surface area contributed by atoms with Crippen molar-refractivity contribution in [2.45, 2.75) is 46.5 Å². The number of hydrogen-bond acceptors (Lipinski definition) is 4. The molecule has 0 unspecified atom stereocenters. The Morgan fingerprint density at radius 2 is 1.70 bits per heavy atom. The Morgan fingerprint density at radius 3 is 2.43 bits per heavy atom. The second-order valence-corrected chi connectivity index (χ2v) is 7.10. The fourth-order valence-corrected chi connectivity index (χ4v) is 2.72. The maximum atomic E-state index is 12.2. The molecule has 0 heterocycles. The molecule has 0 aliphatic heterocycles. The third kappa shape index (κ3) is 7.58. The van der Waals surface area contributed by atoms with Gasteiger partial charge in [-0.25, -0.2) is 0 Å². The molecule has 0 spiro atoms. The Hall–Kier alpha value is -3.35. The maximum absolute atomic E-state index is 12.2. The lowest BCUT2D eigenvalue weighted by Crippen LogP contribution is -2.41. The molecule has 0 aromatic heterocycles. The van der Waals surface area contributed by atoms with Gasteiger partial charge in [-0.3, -0.25) is 25.2 Å². The maximum Gasteiger partial charge on any atom is 0.269 e. The Kier molecular flexibility index (Phi) is 8.87. The number of rotatable bonds is 9. The average molecular weight is 412 g/mol. The van der Waals surface area contributed by atoms with E-state index in [1.54, 1.807) is 24.3 Å². The standard InChI is InChI=1S/C23H29N3O4/c1-4-5-13-30-19-8-6-7-18(15-19)23(29)26-25-22(28)12-11-21(27)24-20-10-9-16(2)14-17(20)3/h6-10,14-15H,4-5,11-13H2,1-3H3,(H,24,27)(H,25,28)(H,26,29). The summed E-state index contributed by atoms with van der Waals surface area (Å²) in [7, 11) is 0. The number of hydrazine groups is 1. The molecule has 0 atom stereocenters. The molecule has 2 aromatic rings. The van der Waals surface area contributed by atoms with Gasteiger partial charge < -0.3 is 10.1 Å². The lowest BCUT2D eigenvalue weighted by molar-refractivity contribution is -0.124. The minimum Gasteiger partial charge on any atom is -0.494 e. The molecule has 0 fully saturated rings. The summed E-state index contributed by atoms with van der Waals surface area (Å²) >= 11 is 0. The largest absolute Gasteiger partial charge is 0.494 e. The van der Waals surface area contributed by atoms with Gasteiger partial charge >= 0.3 is 0 Å². The Morgan fingerprint density at radius 1 is 0.933 bits per heavy atom. The van der Waals surface area contributed by atoms with Gasteiger partial charge in [0, 0.05) is 24.1 Å². The van der Waals surface area contributed by atoms with E-state index in [1.807, 2.05) is 32.0 Å². The molecule has 160 valence electrons. The monoisotopic (exact) mass is 411 g/mol. The van der Waals surface area contributed by atoms with Crippen molar-refractivity contribution < 1.29 is 19.1 Å². The van der Waals surface area contributed by atoms with Crippen LogP contribution in [0.1, 0.15) is 54.1 Å². The Bertz CT molecular complexity index is 896. The van der Waals surface area contributed by atoms with E-state index >= 15 is 0 Å². The molecule has 0 saturated heterocycles. The fraction of sp³-hybridized carbons (Fsp3) is 0.348. The van der Waals surface area contributed by atoms with Gasteiger partial charge in [-0.15, -0.1) is 0 Å². The van der Waals surface area contributed by atoms with Crippen molar-refractivity contribution in [2.75, 3.05) is 11.9 Å². The van der Waals surface area contributed by atoms with Gasteiger partial charge in [-0.05, 0) is 50.1 Å². The van der Waals surface area contributed by atoms with Crippen molar-refractivity contribution >= 4 is 23.4 Å². The first-order valence-corrected chi connectivity index (χ1v) is 10.1. The quantitative estimate of drug-likeness (QED) is 0.433. The van der Waals surface area contributed by atoms with Gasteiger partial charge in [-0.2, -0.15) is 0 Å². The SMILES string of the molecule is CCCCOc1cccc(C(=O)NNC(=O)CCC(=O)Nc2ccc(C)cc2C)c1. The topological polar surface area (TPSA) is 96.5 Å². The number of nitrogens with one attached hydrogen (secondary N) is 3. The molecule has 2 aromatic carbocycles. The van der Waals surface area contributed by atoms with Crippen LogP contribution in [0.2, 0.25) is 0 Å². The van der Waals surface area contributed by atoms with Gasteiger partial charge in [-0.1, -0.05) is 37.1 Å². The van der Waals surface area contributed by atoms with Crippen LogP contribution in [0, 0.1) is 13.8 Å². The molecule has 7 heteroatoms. The Balaban J connectivity index is 1.75. The molecular weight excluding hydrogens is 382 g/mol. The molecule has 3 amide bonds. The van der Waals surface area contributed by atoms with Gasteiger partial charge in [0.25, 0.3) is 5.91 Å². The van der Waals surface area contributed by atoms with Crippen LogP contribution in [0.4, 0.5) is 5.69 Å². The van der Waals surface area contributed by atoms with E-state index in [0.717, 1.165) is 29.7 Å². The smallest absolute Gasteiger partial charge is 0.269 e. The average Bonchev–Trinajstić information content (AvgIpc) is 2.73. The summed E-state index contributed by atoms with van der Waals surface area (Å²) in [6.07, 6.45) is 1.92. The predicted molar refractivity (Wildman–Crippen MR) is 116 cm³/mol. The zero-order valence-corrected chi connectivity index (χ0v) is 17.7. The molecule has 0 radical (unpaired) electrons. The van der Waals surface area contributed by atoms with E-state index in [1.165, 1.54) is 0 Å². The summed E-state index contributed by atoms with van der Waals surface area (Å²) in [4.78, 5) is 36.2. The number of carbonyl (C=O) groups is 3. The Labute approximate surface area is 177 Å². The second kappa shape index (κ2) is 11.6. The zero-order valence-electron chi connectivity index (χ0n) is 17.7. The molecule has 0 aliphatic rings.